The number of nitrogens with one attached hydrogen (secondary N) is 1. The number of thiophene rings is 1. The molecule has 0 spiro atoms. The summed E-state index contributed by atoms with van der Waals surface area (Å²) in [6.07, 6.45) is 4.60. The van der Waals surface area contributed by atoms with E-state index in [2.05, 4.69) is 23.4 Å². The summed E-state index contributed by atoms with van der Waals surface area (Å²) in [5.74, 6) is 0. The van der Waals surface area contributed by atoms with E-state index in [1.54, 1.807) is 11.3 Å². The first-order chi connectivity index (χ1) is 11.7. The molecule has 130 valence electrons. The Morgan fingerprint density at radius 2 is 2.42 bits per heavy atom. The lowest BCUT2D eigenvalue weighted by molar-refractivity contribution is -0.0158. The van der Waals surface area contributed by atoms with Crippen molar-refractivity contribution in [2.24, 2.45) is 0 Å². The minimum Gasteiger partial charge on any atom is -0.370 e. The van der Waals surface area contributed by atoms with E-state index in [0.29, 0.717) is 19.7 Å². The summed E-state index contributed by atoms with van der Waals surface area (Å²) < 4.78 is 7.71. The zero-order chi connectivity index (χ0) is 16.9. The van der Waals surface area contributed by atoms with Crippen LogP contribution in [0.4, 0.5) is 4.79 Å². The first-order valence-corrected chi connectivity index (χ1v) is 9.32. The molecule has 6 nitrogen and oxygen atoms in total. The molecule has 3 rings (SSSR count). The zero-order valence-electron chi connectivity index (χ0n) is 14.1. The van der Waals surface area contributed by atoms with E-state index in [1.807, 2.05) is 40.3 Å². The summed E-state index contributed by atoms with van der Waals surface area (Å²) in [6.45, 7) is 6.69. The number of rotatable bonds is 5. The number of nitrogens with zero attached hydrogens (tertiary/aromatic N) is 3. The number of hydrogen-bond donors (Lipinski definition) is 1. The van der Waals surface area contributed by atoms with Gasteiger partial charge in [0.2, 0.25) is 0 Å². The van der Waals surface area contributed by atoms with Crippen LogP contribution in [-0.2, 0) is 11.3 Å². The highest BCUT2D eigenvalue weighted by Crippen LogP contribution is 2.24. The second-order valence-electron chi connectivity index (χ2n) is 5.86. The number of carbonyl (C=O) groups excluding carboxylic acids is 1. The van der Waals surface area contributed by atoms with E-state index in [4.69, 9.17) is 4.74 Å². The van der Waals surface area contributed by atoms with Crippen LogP contribution in [-0.4, -0.2) is 40.4 Å². The Hall–Kier alpha value is -1.86. The van der Waals surface area contributed by atoms with Crippen molar-refractivity contribution in [3.63, 3.8) is 0 Å². The Morgan fingerprint density at radius 1 is 1.54 bits per heavy atom. The fraction of sp³-hybridized carbons (Fsp3) is 0.529. The standard InChI is InChI=1S/C17H24N4O2S/c1-3-14(16-6-5-9-24-16)19-17(22)20-7-8-23-15(12-20)13-10-18-21(4-2)11-13/h5-6,9-11,14-15H,3-4,7-8,12H2,1-2H3,(H,19,22)/t14-,15-/m1/s1. The summed E-state index contributed by atoms with van der Waals surface area (Å²) in [7, 11) is 0. The number of aromatic nitrogens is 2. The second-order valence-corrected chi connectivity index (χ2v) is 6.84. The normalized spacial score (nSPS) is 19.2. The first kappa shape index (κ1) is 17.0. The van der Waals surface area contributed by atoms with Gasteiger partial charge in [-0.3, -0.25) is 4.68 Å². The Morgan fingerprint density at radius 3 is 3.08 bits per heavy atom. The van der Waals surface area contributed by atoms with E-state index in [9.17, 15) is 4.79 Å². The Bertz CT molecular complexity index is 655. The van der Waals surface area contributed by atoms with Crippen LogP contribution in [0.2, 0.25) is 0 Å². The maximum atomic E-state index is 12.6. The number of amides is 2. The third kappa shape index (κ3) is 3.79. The molecule has 0 unspecified atom stereocenters. The number of carbonyl (C=O) groups is 1. The molecule has 1 aliphatic rings. The molecular formula is C17H24N4O2S. The SMILES string of the molecule is CC[C@@H](NC(=O)N1CCO[C@@H](c2cnn(CC)c2)C1)c1cccs1. The highest BCUT2D eigenvalue weighted by molar-refractivity contribution is 7.10. The fourth-order valence-corrected chi connectivity index (χ4v) is 3.72. The van der Waals surface area contributed by atoms with Gasteiger partial charge in [0, 0.05) is 29.7 Å². The minimum absolute atomic E-state index is 0.0218. The van der Waals surface area contributed by atoms with E-state index in [-0.39, 0.29) is 18.2 Å². The number of urea groups is 1. The molecule has 0 saturated carbocycles. The summed E-state index contributed by atoms with van der Waals surface area (Å²) >= 11 is 1.68. The summed E-state index contributed by atoms with van der Waals surface area (Å²) in [6, 6.07) is 4.14. The molecule has 0 aliphatic carbocycles. The maximum Gasteiger partial charge on any atom is 0.318 e. The molecule has 2 atom stereocenters. The number of aryl methyl sites for hydroxylation is 1. The molecule has 1 N–H and O–H groups in total. The highest BCUT2D eigenvalue weighted by atomic mass is 32.1. The number of morpholine rings is 1. The van der Waals surface area contributed by atoms with E-state index in [0.717, 1.165) is 18.5 Å². The maximum absolute atomic E-state index is 12.6. The van der Waals surface area contributed by atoms with Gasteiger partial charge in [0.15, 0.2) is 0 Å². The predicted octanol–water partition coefficient (Wildman–Crippen LogP) is 3.20. The lowest BCUT2D eigenvalue weighted by Crippen LogP contribution is -2.47. The highest BCUT2D eigenvalue weighted by Gasteiger charge is 2.27. The molecule has 1 aliphatic heterocycles. The van der Waals surface area contributed by atoms with Crippen LogP contribution in [0.5, 0.6) is 0 Å². The van der Waals surface area contributed by atoms with E-state index in [1.165, 1.54) is 4.88 Å². The second kappa shape index (κ2) is 7.81. The molecule has 1 fully saturated rings. The van der Waals surface area contributed by atoms with Crippen LogP contribution in [0.3, 0.4) is 0 Å². The molecule has 1 saturated heterocycles. The number of hydrogen-bond acceptors (Lipinski definition) is 4. The molecule has 2 aromatic heterocycles. The van der Waals surface area contributed by atoms with Gasteiger partial charge in [-0.25, -0.2) is 4.79 Å². The van der Waals surface area contributed by atoms with Gasteiger partial charge in [-0.15, -0.1) is 11.3 Å². The van der Waals surface area contributed by atoms with Gasteiger partial charge in [-0.1, -0.05) is 13.0 Å². The van der Waals surface area contributed by atoms with Crippen LogP contribution < -0.4 is 5.32 Å². The number of ether oxygens (including phenoxy) is 1. The van der Waals surface area contributed by atoms with E-state index < -0.39 is 0 Å². The lowest BCUT2D eigenvalue weighted by Gasteiger charge is -2.33. The summed E-state index contributed by atoms with van der Waals surface area (Å²) in [5, 5.41) is 9.48. The van der Waals surface area contributed by atoms with Gasteiger partial charge in [0.05, 0.1) is 25.4 Å². The van der Waals surface area contributed by atoms with Crippen LogP contribution >= 0.6 is 11.3 Å². The monoisotopic (exact) mass is 348 g/mol. The molecule has 0 bridgehead atoms. The van der Waals surface area contributed by atoms with Crippen molar-refractivity contribution in [2.75, 3.05) is 19.7 Å². The summed E-state index contributed by atoms with van der Waals surface area (Å²) in [5.41, 5.74) is 1.03. The summed E-state index contributed by atoms with van der Waals surface area (Å²) in [4.78, 5) is 15.7. The zero-order valence-corrected chi connectivity index (χ0v) is 15.0. The van der Waals surface area contributed by atoms with Crippen molar-refractivity contribution in [1.82, 2.24) is 20.0 Å². The van der Waals surface area contributed by atoms with Gasteiger partial charge in [-0.05, 0) is 24.8 Å². The van der Waals surface area contributed by atoms with Crippen molar-refractivity contribution in [1.29, 1.82) is 0 Å². The van der Waals surface area contributed by atoms with Crippen LogP contribution in [0.1, 0.15) is 42.9 Å². The topological polar surface area (TPSA) is 59.4 Å². The molecule has 24 heavy (non-hydrogen) atoms. The smallest absolute Gasteiger partial charge is 0.318 e. The van der Waals surface area contributed by atoms with Crippen LogP contribution in [0.15, 0.2) is 29.9 Å². The molecule has 0 aromatic carbocycles. The van der Waals surface area contributed by atoms with Crippen LogP contribution in [0, 0.1) is 0 Å². The molecule has 2 amide bonds. The van der Waals surface area contributed by atoms with Gasteiger partial charge in [0.1, 0.15) is 6.10 Å². The molecule has 3 heterocycles. The third-order valence-corrected chi connectivity index (χ3v) is 5.28. The van der Waals surface area contributed by atoms with Crippen molar-refractivity contribution in [3.05, 3.63) is 40.3 Å². The predicted molar refractivity (Wildman–Crippen MR) is 94.0 cm³/mol. The average molecular weight is 348 g/mol. The minimum atomic E-state index is -0.105. The van der Waals surface area contributed by atoms with Gasteiger partial charge < -0.3 is 15.0 Å². The third-order valence-electron chi connectivity index (χ3n) is 4.30. The average Bonchev–Trinajstić information content (AvgIpc) is 3.31. The quantitative estimate of drug-likeness (QED) is 0.903. The van der Waals surface area contributed by atoms with E-state index >= 15 is 0 Å². The fourth-order valence-electron chi connectivity index (χ4n) is 2.86. The molecule has 2 aromatic rings. The molecular weight excluding hydrogens is 324 g/mol. The van der Waals surface area contributed by atoms with Gasteiger partial charge in [0.25, 0.3) is 0 Å². The van der Waals surface area contributed by atoms with Crippen LogP contribution in [0.25, 0.3) is 0 Å². The Balaban J connectivity index is 1.62. The Labute approximate surface area is 146 Å². The van der Waals surface area contributed by atoms with Gasteiger partial charge >= 0.3 is 6.03 Å². The van der Waals surface area contributed by atoms with Gasteiger partial charge in [-0.2, -0.15) is 5.10 Å². The van der Waals surface area contributed by atoms with Crippen molar-refractivity contribution < 1.29 is 9.53 Å². The largest absolute Gasteiger partial charge is 0.370 e. The lowest BCUT2D eigenvalue weighted by atomic mass is 10.1. The Kier molecular flexibility index (Phi) is 5.52. The molecule has 7 heteroatoms. The van der Waals surface area contributed by atoms with Crippen molar-refractivity contribution >= 4 is 17.4 Å². The first-order valence-electron chi connectivity index (χ1n) is 8.44. The van der Waals surface area contributed by atoms with Crippen molar-refractivity contribution in [3.8, 4) is 0 Å². The van der Waals surface area contributed by atoms with Crippen molar-refractivity contribution in [2.45, 2.75) is 39.0 Å². The molecule has 0 radical (unpaired) electrons.